The van der Waals surface area contributed by atoms with Crippen LogP contribution in [0, 0.1) is 5.82 Å². The first-order valence-corrected chi connectivity index (χ1v) is 11.6. The summed E-state index contributed by atoms with van der Waals surface area (Å²) in [5, 5.41) is 6.78. The number of hydrogen-bond donors (Lipinski definition) is 2. The predicted molar refractivity (Wildman–Crippen MR) is 133 cm³/mol. The number of rotatable bonds is 8. The van der Waals surface area contributed by atoms with Crippen molar-refractivity contribution in [2.45, 2.75) is 31.8 Å². The largest absolute Gasteiger partial charge is 0.488 e. The molecule has 7 nitrogen and oxygen atoms in total. The zero-order valence-electron chi connectivity index (χ0n) is 19.1. The number of likely N-dealkylation sites (N-methyl/N-ethyl adjacent to an activating group) is 1. The topological polar surface area (TPSA) is 79.4 Å². The van der Waals surface area contributed by atoms with E-state index >= 15 is 0 Å². The number of amides is 1. The molecule has 0 spiro atoms. The van der Waals surface area contributed by atoms with Crippen molar-refractivity contribution in [2.24, 2.45) is 0 Å². The monoisotopic (exact) mass is 483 g/mol. The number of aromatic nitrogens is 2. The molecule has 0 aliphatic heterocycles. The molecule has 34 heavy (non-hydrogen) atoms. The van der Waals surface area contributed by atoms with Gasteiger partial charge in [0.1, 0.15) is 23.7 Å². The molecule has 1 fully saturated rings. The Morgan fingerprint density at radius 1 is 1.24 bits per heavy atom. The van der Waals surface area contributed by atoms with E-state index in [4.69, 9.17) is 16.3 Å². The summed E-state index contributed by atoms with van der Waals surface area (Å²) in [5.41, 5.74) is 1.77. The van der Waals surface area contributed by atoms with Gasteiger partial charge in [0.2, 0.25) is 5.91 Å². The predicted octanol–water partition coefficient (Wildman–Crippen LogP) is 5.54. The second-order valence-corrected chi connectivity index (χ2v) is 8.93. The van der Waals surface area contributed by atoms with Gasteiger partial charge in [-0.3, -0.25) is 4.79 Å². The zero-order valence-corrected chi connectivity index (χ0v) is 19.9. The van der Waals surface area contributed by atoms with Crippen molar-refractivity contribution < 1.29 is 13.9 Å². The van der Waals surface area contributed by atoms with Crippen LogP contribution < -0.4 is 15.4 Å². The summed E-state index contributed by atoms with van der Waals surface area (Å²) in [6.07, 6.45) is 9.07. The molecule has 178 valence electrons. The SMILES string of the molecule is CN(C)CC=CC(=O)Nc1cc2c(Nc3ccc(F)c(Cl)c3)ncnc2cc1OC1CCCC1. The summed E-state index contributed by atoms with van der Waals surface area (Å²) >= 11 is 5.92. The van der Waals surface area contributed by atoms with Crippen LogP contribution in [0.3, 0.4) is 0 Å². The van der Waals surface area contributed by atoms with Gasteiger partial charge in [-0.2, -0.15) is 0 Å². The van der Waals surface area contributed by atoms with Crippen LogP contribution in [0.4, 0.5) is 21.6 Å². The number of anilines is 3. The molecule has 1 aliphatic carbocycles. The van der Waals surface area contributed by atoms with Crippen molar-refractivity contribution in [3.63, 3.8) is 0 Å². The van der Waals surface area contributed by atoms with Crippen LogP contribution in [-0.4, -0.2) is 47.5 Å². The molecule has 1 aliphatic rings. The fourth-order valence-electron chi connectivity index (χ4n) is 3.82. The minimum Gasteiger partial charge on any atom is -0.488 e. The van der Waals surface area contributed by atoms with E-state index in [9.17, 15) is 9.18 Å². The third kappa shape index (κ3) is 6.01. The number of benzene rings is 2. The van der Waals surface area contributed by atoms with Crippen LogP contribution in [0.1, 0.15) is 25.7 Å². The molecule has 0 unspecified atom stereocenters. The Balaban J connectivity index is 1.68. The van der Waals surface area contributed by atoms with E-state index in [1.807, 2.05) is 25.1 Å². The van der Waals surface area contributed by atoms with Gasteiger partial charge in [0.15, 0.2) is 0 Å². The van der Waals surface area contributed by atoms with Crippen LogP contribution in [0.5, 0.6) is 5.75 Å². The van der Waals surface area contributed by atoms with Crippen molar-refractivity contribution >= 4 is 45.6 Å². The van der Waals surface area contributed by atoms with E-state index in [0.29, 0.717) is 40.4 Å². The maximum Gasteiger partial charge on any atom is 0.248 e. The standard InChI is InChI=1S/C25H27ClFN5O2/c1-32(2)11-5-8-24(33)31-22-13-18-21(14-23(22)34-17-6-3-4-7-17)28-15-29-25(18)30-16-9-10-20(27)19(26)12-16/h5,8-10,12-15,17H,3-4,6-7,11H2,1-2H3,(H,31,33)(H,28,29,30). The summed E-state index contributed by atoms with van der Waals surface area (Å²) in [5.74, 6) is 0.317. The quantitative estimate of drug-likeness (QED) is 0.409. The summed E-state index contributed by atoms with van der Waals surface area (Å²) in [4.78, 5) is 23.3. The Hall–Kier alpha value is -3.23. The van der Waals surface area contributed by atoms with E-state index in [0.717, 1.165) is 25.7 Å². The lowest BCUT2D eigenvalue weighted by molar-refractivity contribution is -0.111. The Kier molecular flexibility index (Phi) is 7.59. The number of halogens is 2. The maximum atomic E-state index is 13.6. The zero-order chi connectivity index (χ0) is 24.1. The van der Waals surface area contributed by atoms with Gasteiger partial charge in [-0.15, -0.1) is 0 Å². The van der Waals surface area contributed by atoms with Crippen LogP contribution in [0.25, 0.3) is 10.9 Å². The highest BCUT2D eigenvalue weighted by Gasteiger charge is 2.20. The molecule has 0 bridgehead atoms. The highest BCUT2D eigenvalue weighted by atomic mass is 35.5. The molecular formula is C25H27ClFN5O2. The molecule has 2 aromatic carbocycles. The lowest BCUT2D eigenvalue weighted by Gasteiger charge is -2.18. The minimum absolute atomic E-state index is 0.00748. The third-order valence-electron chi connectivity index (χ3n) is 5.51. The first kappa shape index (κ1) is 23.9. The second kappa shape index (κ2) is 10.8. The first-order valence-electron chi connectivity index (χ1n) is 11.2. The van der Waals surface area contributed by atoms with Crippen molar-refractivity contribution in [3.05, 3.63) is 59.7 Å². The molecule has 1 amide bonds. The number of nitrogens with zero attached hydrogens (tertiary/aromatic N) is 3. The van der Waals surface area contributed by atoms with Crippen LogP contribution >= 0.6 is 11.6 Å². The van der Waals surface area contributed by atoms with Gasteiger partial charge in [-0.05, 0) is 64.0 Å². The van der Waals surface area contributed by atoms with Crippen molar-refractivity contribution in [1.29, 1.82) is 0 Å². The second-order valence-electron chi connectivity index (χ2n) is 8.52. The molecule has 1 aromatic heterocycles. The van der Waals surface area contributed by atoms with Gasteiger partial charge < -0.3 is 20.3 Å². The van der Waals surface area contributed by atoms with E-state index in [-0.39, 0.29) is 17.0 Å². The number of ether oxygens (including phenoxy) is 1. The Morgan fingerprint density at radius 3 is 2.76 bits per heavy atom. The van der Waals surface area contributed by atoms with Gasteiger partial charge >= 0.3 is 0 Å². The van der Waals surface area contributed by atoms with E-state index in [2.05, 4.69) is 20.6 Å². The normalized spacial score (nSPS) is 14.3. The van der Waals surface area contributed by atoms with E-state index in [1.54, 1.807) is 18.2 Å². The van der Waals surface area contributed by atoms with E-state index < -0.39 is 5.82 Å². The van der Waals surface area contributed by atoms with Gasteiger partial charge in [0.25, 0.3) is 0 Å². The van der Waals surface area contributed by atoms with E-state index in [1.165, 1.54) is 24.5 Å². The molecule has 4 rings (SSSR count). The molecular weight excluding hydrogens is 457 g/mol. The van der Waals surface area contributed by atoms with Crippen molar-refractivity contribution in [2.75, 3.05) is 31.3 Å². The van der Waals surface area contributed by atoms with Crippen LogP contribution in [0.15, 0.2) is 48.8 Å². The van der Waals surface area contributed by atoms with Gasteiger partial charge in [-0.1, -0.05) is 17.7 Å². The fraction of sp³-hybridized carbons (Fsp3) is 0.320. The number of carbonyl (C=O) groups is 1. The number of nitrogens with one attached hydrogen (secondary N) is 2. The van der Waals surface area contributed by atoms with Gasteiger partial charge in [-0.25, -0.2) is 14.4 Å². The molecule has 0 saturated heterocycles. The number of fused-ring (bicyclic) bond motifs is 1. The molecule has 0 radical (unpaired) electrons. The summed E-state index contributed by atoms with van der Waals surface area (Å²) in [6.45, 7) is 0.651. The third-order valence-corrected chi connectivity index (χ3v) is 5.80. The Labute approximate surface area is 203 Å². The molecule has 9 heteroatoms. The fourth-order valence-corrected chi connectivity index (χ4v) is 4.00. The van der Waals surface area contributed by atoms with Gasteiger partial charge in [0.05, 0.1) is 22.3 Å². The smallest absolute Gasteiger partial charge is 0.248 e. The molecule has 2 N–H and O–H groups in total. The van der Waals surface area contributed by atoms with Crippen LogP contribution in [-0.2, 0) is 4.79 Å². The highest BCUT2D eigenvalue weighted by molar-refractivity contribution is 6.31. The highest BCUT2D eigenvalue weighted by Crippen LogP contribution is 2.36. The molecule has 1 saturated carbocycles. The lowest BCUT2D eigenvalue weighted by atomic mass is 10.1. The lowest BCUT2D eigenvalue weighted by Crippen LogP contribution is -2.15. The Bertz CT molecular complexity index is 1210. The van der Waals surface area contributed by atoms with Crippen LogP contribution in [0.2, 0.25) is 5.02 Å². The average molecular weight is 484 g/mol. The van der Waals surface area contributed by atoms with Crippen molar-refractivity contribution in [3.8, 4) is 5.75 Å². The summed E-state index contributed by atoms with van der Waals surface area (Å²) in [7, 11) is 3.86. The Morgan fingerprint density at radius 2 is 2.03 bits per heavy atom. The molecule has 1 heterocycles. The first-order chi connectivity index (χ1) is 16.4. The average Bonchev–Trinajstić information content (AvgIpc) is 3.30. The summed E-state index contributed by atoms with van der Waals surface area (Å²) in [6, 6.07) is 7.96. The van der Waals surface area contributed by atoms with Crippen molar-refractivity contribution in [1.82, 2.24) is 14.9 Å². The molecule has 0 atom stereocenters. The minimum atomic E-state index is -0.499. The number of carbonyl (C=O) groups excluding carboxylic acids is 1. The molecule has 3 aromatic rings. The number of hydrogen-bond acceptors (Lipinski definition) is 6. The van der Waals surface area contributed by atoms with Gasteiger partial charge in [0, 0.05) is 29.8 Å². The summed E-state index contributed by atoms with van der Waals surface area (Å²) < 4.78 is 19.8. The maximum absolute atomic E-state index is 13.6.